The first kappa shape index (κ1) is 29.0. The molecule has 12 heteroatoms. The molecule has 0 amide bonds. The van der Waals surface area contributed by atoms with Gasteiger partial charge in [-0.25, -0.2) is 22.8 Å². The van der Waals surface area contributed by atoms with Crippen LogP contribution in [-0.4, -0.2) is 19.7 Å². The lowest BCUT2D eigenvalue weighted by Gasteiger charge is -2.22. The summed E-state index contributed by atoms with van der Waals surface area (Å²) in [5.74, 6) is -1.02. The Labute approximate surface area is 225 Å². The van der Waals surface area contributed by atoms with Crippen molar-refractivity contribution < 1.29 is 30.8 Å². The van der Waals surface area contributed by atoms with Gasteiger partial charge in [0.05, 0.1) is 17.8 Å². The predicted octanol–water partition coefficient (Wildman–Crippen LogP) is 7.48. The average molecular weight is 565 g/mol. The van der Waals surface area contributed by atoms with Crippen molar-refractivity contribution in [2.24, 2.45) is 0 Å². The van der Waals surface area contributed by atoms with Crippen LogP contribution in [0.1, 0.15) is 72.6 Å². The Balaban J connectivity index is 0.000000398. The third kappa shape index (κ3) is 6.97. The van der Waals surface area contributed by atoms with E-state index in [1.807, 2.05) is 13.0 Å². The van der Waals surface area contributed by atoms with Crippen molar-refractivity contribution in [2.45, 2.75) is 64.1 Å². The standard InChI is InChI=1S/C21H19F5N4O2.C7H7F/c22-19(23)18-17(28-11-32-18)15-9-13(12-5-2-1-3-6-12)20(31)30(29-15)10-16-14(21(24,25)26)7-4-8-27-16;1-6-3-2-4-7(8)5-6/h4,7-9,11-12,19H,1-3,5-6,10H2;2-5H,1H3. The molecule has 1 aromatic carbocycles. The minimum Gasteiger partial charge on any atom is -0.442 e. The lowest BCUT2D eigenvalue weighted by Crippen LogP contribution is -2.30. The van der Waals surface area contributed by atoms with E-state index in [4.69, 9.17) is 4.42 Å². The highest BCUT2D eigenvalue weighted by atomic mass is 19.4. The number of hydrogen-bond donors (Lipinski definition) is 0. The Bertz CT molecular complexity index is 1480. The molecule has 3 aromatic heterocycles. The molecule has 6 nitrogen and oxygen atoms in total. The summed E-state index contributed by atoms with van der Waals surface area (Å²) in [5, 5.41) is 4.07. The van der Waals surface area contributed by atoms with Crippen LogP contribution in [0.4, 0.5) is 26.3 Å². The summed E-state index contributed by atoms with van der Waals surface area (Å²) < 4.78 is 84.7. The summed E-state index contributed by atoms with van der Waals surface area (Å²) in [5.41, 5.74) is -0.973. The average Bonchev–Trinajstić information content (AvgIpc) is 3.41. The molecule has 0 atom stereocenters. The van der Waals surface area contributed by atoms with E-state index in [2.05, 4.69) is 15.1 Å². The van der Waals surface area contributed by atoms with Crippen molar-refractivity contribution in [3.63, 3.8) is 0 Å². The molecule has 1 aliphatic rings. The molecule has 4 aromatic rings. The second-order valence-corrected chi connectivity index (χ2v) is 9.44. The first-order valence-corrected chi connectivity index (χ1v) is 12.6. The lowest BCUT2D eigenvalue weighted by molar-refractivity contribution is -0.138. The Morgan fingerprint density at radius 3 is 2.42 bits per heavy atom. The van der Waals surface area contributed by atoms with Gasteiger partial charge in [0.15, 0.2) is 12.2 Å². The molecule has 1 saturated carbocycles. The number of benzene rings is 1. The van der Waals surface area contributed by atoms with Crippen LogP contribution in [0.2, 0.25) is 0 Å². The molecular weight excluding hydrogens is 538 g/mol. The van der Waals surface area contributed by atoms with E-state index in [1.54, 1.807) is 6.07 Å². The van der Waals surface area contributed by atoms with Crippen LogP contribution < -0.4 is 5.56 Å². The summed E-state index contributed by atoms with van der Waals surface area (Å²) >= 11 is 0. The van der Waals surface area contributed by atoms with Gasteiger partial charge in [-0.1, -0.05) is 31.4 Å². The maximum atomic E-state index is 13.4. The highest BCUT2D eigenvalue weighted by Gasteiger charge is 2.34. The minimum absolute atomic E-state index is 0.0567. The van der Waals surface area contributed by atoms with Crippen LogP contribution in [0, 0.1) is 12.7 Å². The van der Waals surface area contributed by atoms with Gasteiger partial charge < -0.3 is 4.42 Å². The summed E-state index contributed by atoms with van der Waals surface area (Å²) in [6, 6.07) is 9.92. The third-order valence-corrected chi connectivity index (χ3v) is 6.56. The molecule has 0 spiro atoms. The van der Waals surface area contributed by atoms with Crippen LogP contribution in [0.3, 0.4) is 0 Å². The molecule has 0 N–H and O–H groups in total. The molecule has 0 unspecified atom stereocenters. The SMILES string of the molecule is Cc1cccc(F)c1.O=c1c(C2CCCCC2)cc(-c2ncoc2C(F)F)nn1Cc1ncccc1C(F)(F)F. The predicted molar refractivity (Wildman–Crippen MR) is 134 cm³/mol. The number of oxazole rings is 1. The van der Waals surface area contributed by atoms with Crippen molar-refractivity contribution in [1.29, 1.82) is 0 Å². The summed E-state index contributed by atoms with van der Waals surface area (Å²) in [6.07, 6.45) is -1.37. The molecular formula is C28H26F6N4O2. The zero-order chi connectivity index (χ0) is 28.9. The number of aryl methyl sites for hydroxylation is 1. The van der Waals surface area contributed by atoms with Crippen LogP contribution >= 0.6 is 0 Å². The quantitative estimate of drug-likeness (QED) is 0.235. The smallest absolute Gasteiger partial charge is 0.418 e. The number of pyridine rings is 1. The van der Waals surface area contributed by atoms with Gasteiger partial charge in [-0.3, -0.25) is 9.78 Å². The molecule has 0 bridgehead atoms. The topological polar surface area (TPSA) is 73.8 Å². The van der Waals surface area contributed by atoms with Gasteiger partial charge in [0, 0.05) is 11.8 Å². The van der Waals surface area contributed by atoms with Crippen molar-refractivity contribution in [2.75, 3.05) is 0 Å². The third-order valence-electron chi connectivity index (χ3n) is 6.56. The van der Waals surface area contributed by atoms with Crippen molar-refractivity contribution in [3.8, 4) is 11.4 Å². The van der Waals surface area contributed by atoms with Crippen LogP contribution in [0.15, 0.2) is 64.3 Å². The number of halogens is 6. The van der Waals surface area contributed by atoms with Gasteiger partial charge in [-0.2, -0.15) is 18.3 Å². The van der Waals surface area contributed by atoms with Crippen LogP contribution in [0.5, 0.6) is 0 Å². The number of alkyl halides is 5. The zero-order valence-electron chi connectivity index (χ0n) is 21.5. The maximum Gasteiger partial charge on any atom is 0.418 e. The van der Waals surface area contributed by atoms with Crippen molar-refractivity contribution >= 4 is 0 Å². The van der Waals surface area contributed by atoms with E-state index in [-0.39, 0.29) is 23.1 Å². The summed E-state index contributed by atoms with van der Waals surface area (Å²) in [4.78, 5) is 20.8. The molecule has 0 aliphatic heterocycles. The highest BCUT2D eigenvalue weighted by Crippen LogP contribution is 2.35. The molecule has 1 aliphatic carbocycles. The highest BCUT2D eigenvalue weighted by molar-refractivity contribution is 5.57. The first-order chi connectivity index (χ1) is 19.0. The van der Waals surface area contributed by atoms with E-state index >= 15 is 0 Å². The molecule has 5 rings (SSSR count). The first-order valence-electron chi connectivity index (χ1n) is 12.6. The van der Waals surface area contributed by atoms with Crippen LogP contribution in [0.25, 0.3) is 11.4 Å². The van der Waals surface area contributed by atoms with Gasteiger partial charge in [0.2, 0.25) is 0 Å². The number of nitrogens with zero attached hydrogens (tertiary/aromatic N) is 4. The Morgan fingerprint density at radius 1 is 1.05 bits per heavy atom. The molecule has 212 valence electrons. The van der Waals surface area contributed by atoms with E-state index in [0.717, 1.165) is 60.9 Å². The maximum absolute atomic E-state index is 13.4. The molecule has 0 radical (unpaired) electrons. The van der Waals surface area contributed by atoms with Crippen molar-refractivity contribution in [3.05, 3.63) is 99.4 Å². The van der Waals surface area contributed by atoms with E-state index < -0.39 is 41.7 Å². The summed E-state index contributed by atoms with van der Waals surface area (Å²) in [6.45, 7) is 1.30. The lowest BCUT2D eigenvalue weighted by atomic mass is 9.84. The fourth-order valence-corrected chi connectivity index (χ4v) is 4.66. The molecule has 0 saturated heterocycles. The zero-order valence-corrected chi connectivity index (χ0v) is 21.5. The molecule has 3 heterocycles. The Hall–Kier alpha value is -3.96. The largest absolute Gasteiger partial charge is 0.442 e. The van der Waals surface area contributed by atoms with Gasteiger partial charge >= 0.3 is 6.18 Å². The van der Waals surface area contributed by atoms with Gasteiger partial charge in [-0.05, 0) is 61.6 Å². The van der Waals surface area contributed by atoms with Gasteiger partial charge in [0.25, 0.3) is 12.0 Å². The summed E-state index contributed by atoms with van der Waals surface area (Å²) in [7, 11) is 0. The number of aromatic nitrogens is 4. The van der Waals surface area contributed by atoms with E-state index in [9.17, 15) is 31.1 Å². The Morgan fingerprint density at radius 2 is 1.80 bits per heavy atom. The second-order valence-electron chi connectivity index (χ2n) is 9.44. The fraction of sp³-hybridized carbons (Fsp3) is 0.357. The van der Waals surface area contributed by atoms with Crippen LogP contribution in [-0.2, 0) is 12.7 Å². The van der Waals surface area contributed by atoms with Gasteiger partial charge in [-0.15, -0.1) is 0 Å². The van der Waals surface area contributed by atoms with E-state index in [1.165, 1.54) is 24.4 Å². The second kappa shape index (κ2) is 12.5. The fourth-order valence-electron chi connectivity index (χ4n) is 4.66. The Kier molecular flexibility index (Phi) is 9.06. The molecule has 40 heavy (non-hydrogen) atoms. The number of hydrogen-bond acceptors (Lipinski definition) is 5. The van der Waals surface area contributed by atoms with Gasteiger partial charge in [0.1, 0.15) is 17.2 Å². The monoisotopic (exact) mass is 564 g/mol. The van der Waals surface area contributed by atoms with Crippen molar-refractivity contribution in [1.82, 2.24) is 19.7 Å². The van der Waals surface area contributed by atoms with E-state index in [0.29, 0.717) is 5.56 Å². The normalized spacial score (nSPS) is 14.2. The molecule has 1 fully saturated rings. The number of rotatable bonds is 5. The minimum atomic E-state index is -4.67.